The maximum Gasteiger partial charge on any atom is 0.261 e. The van der Waals surface area contributed by atoms with Crippen molar-refractivity contribution in [1.82, 2.24) is 5.32 Å². The molecule has 2 aromatic rings. The SMILES string of the molecule is COCCCNC(=O)/C(C#N)=C/c1ccc(OCc2ccccc2)cc1. The lowest BCUT2D eigenvalue weighted by Gasteiger charge is -2.07. The fourth-order valence-corrected chi connectivity index (χ4v) is 2.23. The molecule has 2 aromatic carbocycles. The lowest BCUT2D eigenvalue weighted by Crippen LogP contribution is -2.26. The largest absolute Gasteiger partial charge is 0.489 e. The van der Waals surface area contributed by atoms with Gasteiger partial charge in [0.1, 0.15) is 24.0 Å². The minimum Gasteiger partial charge on any atom is -0.489 e. The van der Waals surface area contributed by atoms with Gasteiger partial charge in [-0.3, -0.25) is 4.79 Å². The van der Waals surface area contributed by atoms with E-state index in [4.69, 9.17) is 9.47 Å². The van der Waals surface area contributed by atoms with E-state index in [9.17, 15) is 10.1 Å². The van der Waals surface area contributed by atoms with Crippen molar-refractivity contribution in [1.29, 1.82) is 5.26 Å². The third-order valence-corrected chi connectivity index (χ3v) is 3.62. The van der Waals surface area contributed by atoms with Gasteiger partial charge in [-0.25, -0.2) is 0 Å². The Bertz CT molecular complexity index is 762. The van der Waals surface area contributed by atoms with Crippen LogP contribution in [-0.4, -0.2) is 26.2 Å². The number of amides is 1. The van der Waals surface area contributed by atoms with Crippen LogP contribution >= 0.6 is 0 Å². The summed E-state index contributed by atoms with van der Waals surface area (Å²) in [5.74, 6) is 0.349. The van der Waals surface area contributed by atoms with Gasteiger partial charge in [-0.1, -0.05) is 42.5 Å². The molecule has 0 aliphatic carbocycles. The molecular formula is C21H22N2O3. The smallest absolute Gasteiger partial charge is 0.261 e. The Morgan fingerprint density at radius 1 is 1.15 bits per heavy atom. The van der Waals surface area contributed by atoms with Crippen molar-refractivity contribution in [2.75, 3.05) is 20.3 Å². The average Bonchev–Trinajstić information content (AvgIpc) is 2.69. The number of nitriles is 1. The van der Waals surface area contributed by atoms with E-state index in [2.05, 4.69) is 5.32 Å². The molecule has 26 heavy (non-hydrogen) atoms. The van der Waals surface area contributed by atoms with Crippen molar-refractivity contribution >= 4 is 12.0 Å². The van der Waals surface area contributed by atoms with E-state index in [0.29, 0.717) is 26.2 Å². The van der Waals surface area contributed by atoms with Crippen LogP contribution in [0, 0.1) is 11.3 Å². The summed E-state index contributed by atoms with van der Waals surface area (Å²) in [6.45, 7) is 1.53. The zero-order chi connectivity index (χ0) is 18.6. The molecule has 0 heterocycles. The van der Waals surface area contributed by atoms with Crippen LogP contribution in [0.2, 0.25) is 0 Å². The fourth-order valence-electron chi connectivity index (χ4n) is 2.23. The minimum absolute atomic E-state index is 0.0698. The first-order valence-electron chi connectivity index (χ1n) is 8.38. The zero-order valence-electron chi connectivity index (χ0n) is 14.8. The number of methoxy groups -OCH3 is 1. The van der Waals surface area contributed by atoms with E-state index < -0.39 is 0 Å². The van der Waals surface area contributed by atoms with Crippen LogP contribution in [0.5, 0.6) is 5.75 Å². The monoisotopic (exact) mass is 350 g/mol. The van der Waals surface area contributed by atoms with Gasteiger partial charge in [0.25, 0.3) is 5.91 Å². The van der Waals surface area contributed by atoms with E-state index in [0.717, 1.165) is 16.9 Å². The summed E-state index contributed by atoms with van der Waals surface area (Å²) >= 11 is 0. The van der Waals surface area contributed by atoms with Crippen molar-refractivity contribution in [3.8, 4) is 11.8 Å². The van der Waals surface area contributed by atoms with Gasteiger partial charge >= 0.3 is 0 Å². The van der Waals surface area contributed by atoms with Gasteiger partial charge in [0.05, 0.1) is 0 Å². The van der Waals surface area contributed by atoms with Crippen molar-refractivity contribution in [3.05, 3.63) is 71.3 Å². The number of nitrogens with zero attached hydrogens (tertiary/aromatic N) is 1. The van der Waals surface area contributed by atoms with E-state index in [1.54, 1.807) is 13.2 Å². The highest BCUT2D eigenvalue weighted by atomic mass is 16.5. The van der Waals surface area contributed by atoms with Crippen molar-refractivity contribution in [2.24, 2.45) is 0 Å². The van der Waals surface area contributed by atoms with Gasteiger partial charge in [-0.15, -0.1) is 0 Å². The fraction of sp³-hybridized carbons (Fsp3) is 0.238. The van der Waals surface area contributed by atoms with Crippen LogP contribution in [-0.2, 0) is 16.1 Å². The average molecular weight is 350 g/mol. The predicted molar refractivity (Wildman–Crippen MR) is 100 cm³/mol. The molecule has 1 amide bonds. The highest BCUT2D eigenvalue weighted by Gasteiger charge is 2.08. The Labute approximate surface area is 153 Å². The van der Waals surface area contributed by atoms with Crippen LogP contribution in [0.3, 0.4) is 0 Å². The number of carbonyl (C=O) groups excluding carboxylic acids is 1. The molecule has 0 unspecified atom stereocenters. The molecule has 0 bridgehead atoms. The molecule has 1 N–H and O–H groups in total. The zero-order valence-corrected chi connectivity index (χ0v) is 14.8. The first-order chi connectivity index (χ1) is 12.7. The number of benzene rings is 2. The molecule has 0 saturated carbocycles. The summed E-state index contributed by atoms with van der Waals surface area (Å²) < 4.78 is 10.6. The van der Waals surface area contributed by atoms with Crippen LogP contribution in [0.15, 0.2) is 60.2 Å². The van der Waals surface area contributed by atoms with E-state index >= 15 is 0 Å². The molecule has 0 fully saturated rings. The second kappa shape index (κ2) is 10.7. The van der Waals surface area contributed by atoms with Crippen LogP contribution < -0.4 is 10.1 Å². The molecule has 134 valence electrons. The third kappa shape index (κ3) is 6.42. The molecule has 5 nitrogen and oxygen atoms in total. The Hall–Kier alpha value is -3.10. The molecular weight excluding hydrogens is 328 g/mol. The molecule has 5 heteroatoms. The van der Waals surface area contributed by atoms with Crippen LogP contribution in [0.1, 0.15) is 17.5 Å². The van der Waals surface area contributed by atoms with Crippen molar-refractivity contribution < 1.29 is 14.3 Å². The number of nitrogens with one attached hydrogen (secondary N) is 1. The maximum absolute atomic E-state index is 12.0. The summed E-state index contributed by atoms with van der Waals surface area (Å²) in [7, 11) is 1.61. The van der Waals surface area contributed by atoms with E-state index in [1.165, 1.54) is 0 Å². The van der Waals surface area contributed by atoms with Crippen LogP contribution in [0.4, 0.5) is 0 Å². The molecule has 0 aliphatic rings. The first-order valence-corrected chi connectivity index (χ1v) is 8.38. The Balaban J connectivity index is 1.92. The van der Waals surface area contributed by atoms with Crippen molar-refractivity contribution in [3.63, 3.8) is 0 Å². The summed E-state index contributed by atoms with van der Waals surface area (Å²) in [4.78, 5) is 12.0. The van der Waals surface area contributed by atoms with Gasteiger partial charge in [-0.05, 0) is 35.8 Å². The minimum atomic E-state index is -0.381. The summed E-state index contributed by atoms with van der Waals surface area (Å²) in [6.07, 6.45) is 2.26. The standard InChI is InChI=1S/C21H22N2O3/c1-25-13-5-12-23-21(24)19(15-22)14-17-8-10-20(11-9-17)26-16-18-6-3-2-4-7-18/h2-4,6-11,14H,5,12-13,16H2,1H3,(H,23,24)/b19-14+. The van der Waals surface area contributed by atoms with E-state index in [-0.39, 0.29) is 11.5 Å². The molecule has 0 radical (unpaired) electrons. The summed E-state index contributed by atoms with van der Waals surface area (Å²) in [6, 6.07) is 19.1. The van der Waals surface area contributed by atoms with Gasteiger partial charge in [0.15, 0.2) is 0 Å². The first kappa shape index (κ1) is 19.2. The molecule has 0 aliphatic heterocycles. The van der Waals surface area contributed by atoms with Gasteiger partial charge in [0, 0.05) is 20.3 Å². The van der Waals surface area contributed by atoms with Gasteiger partial charge in [-0.2, -0.15) is 5.26 Å². The second-order valence-corrected chi connectivity index (χ2v) is 5.62. The van der Waals surface area contributed by atoms with E-state index in [1.807, 2.05) is 60.7 Å². The third-order valence-electron chi connectivity index (χ3n) is 3.62. The lowest BCUT2D eigenvalue weighted by atomic mass is 10.1. The van der Waals surface area contributed by atoms with Crippen LogP contribution in [0.25, 0.3) is 6.08 Å². The van der Waals surface area contributed by atoms with Crippen molar-refractivity contribution in [2.45, 2.75) is 13.0 Å². The molecule has 0 spiro atoms. The number of rotatable bonds is 9. The normalized spacial score (nSPS) is 10.8. The number of hydrogen-bond acceptors (Lipinski definition) is 4. The van der Waals surface area contributed by atoms with Gasteiger partial charge < -0.3 is 14.8 Å². The second-order valence-electron chi connectivity index (χ2n) is 5.62. The Morgan fingerprint density at radius 2 is 1.88 bits per heavy atom. The topological polar surface area (TPSA) is 71.3 Å². The lowest BCUT2D eigenvalue weighted by molar-refractivity contribution is -0.117. The Kier molecular flexibility index (Phi) is 7.91. The molecule has 0 aromatic heterocycles. The number of ether oxygens (including phenoxy) is 2. The number of hydrogen-bond donors (Lipinski definition) is 1. The Morgan fingerprint density at radius 3 is 2.54 bits per heavy atom. The highest BCUT2D eigenvalue weighted by Crippen LogP contribution is 2.16. The predicted octanol–water partition coefficient (Wildman–Crippen LogP) is 3.33. The molecule has 0 saturated heterocycles. The quantitative estimate of drug-likeness (QED) is 0.428. The number of carbonyl (C=O) groups is 1. The molecule has 0 atom stereocenters. The summed E-state index contributed by atoms with van der Waals surface area (Å²) in [5, 5.41) is 11.9. The van der Waals surface area contributed by atoms with Gasteiger partial charge in [0.2, 0.25) is 0 Å². The summed E-state index contributed by atoms with van der Waals surface area (Å²) in [5.41, 5.74) is 1.93. The molecule has 2 rings (SSSR count). The highest BCUT2D eigenvalue weighted by molar-refractivity contribution is 6.01. The maximum atomic E-state index is 12.0.